The molecule has 1 aliphatic heterocycles. The predicted octanol–water partition coefficient (Wildman–Crippen LogP) is 3.70. The highest BCUT2D eigenvalue weighted by atomic mass is 32.2. The van der Waals surface area contributed by atoms with Gasteiger partial charge in [0.15, 0.2) is 0 Å². The number of fused-ring (bicyclic) bond motifs is 1. The van der Waals surface area contributed by atoms with Crippen molar-refractivity contribution in [1.82, 2.24) is 0 Å². The Balaban J connectivity index is 2.65. The monoisotopic (exact) mass is 192 g/mol. The lowest BCUT2D eigenvalue weighted by molar-refractivity contribution is 0.638. The van der Waals surface area contributed by atoms with Crippen molar-refractivity contribution in [3.05, 3.63) is 33.7 Å². The van der Waals surface area contributed by atoms with Gasteiger partial charge < -0.3 is 4.18 Å². The molecular formula is C11H12OS. The average molecular weight is 192 g/mol. The van der Waals surface area contributed by atoms with E-state index in [0.717, 1.165) is 5.75 Å². The summed E-state index contributed by atoms with van der Waals surface area (Å²) in [5, 5.41) is 0. The summed E-state index contributed by atoms with van der Waals surface area (Å²) in [6, 6.07) is 4.24. The van der Waals surface area contributed by atoms with Crippen molar-refractivity contribution in [2.24, 2.45) is 0 Å². The topological polar surface area (TPSA) is 9.23 Å². The van der Waals surface area contributed by atoms with Crippen LogP contribution in [0.5, 0.6) is 5.75 Å². The highest BCUT2D eigenvalue weighted by Crippen LogP contribution is 2.38. The zero-order valence-electron chi connectivity index (χ0n) is 8.05. The molecule has 0 aliphatic carbocycles. The summed E-state index contributed by atoms with van der Waals surface area (Å²) in [4.78, 5) is 1.21. The van der Waals surface area contributed by atoms with Crippen LogP contribution in [-0.2, 0) is 0 Å². The smallest absolute Gasteiger partial charge is 0.148 e. The van der Waals surface area contributed by atoms with Crippen LogP contribution in [0.2, 0.25) is 0 Å². The maximum absolute atomic E-state index is 5.60. The van der Waals surface area contributed by atoms with E-state index in [1.807, 2.05) is 0 Å². The second-order valence-electron chi connectivity index (χ2n) is 3.36. The van der Waals surface area contributed by atoms with Gasteiger partial charge in [-0.15, -0.1) is 0 Å². The highest BCUT2D eigenvalue weighted by Gasteiger charge is 2.14. The van der Waals surface area contributed by atoms with Gasteiger partial charge in [0.25, 0.3) is 0 Å². The average Bonchev–Trinajstić information content (AvgIpc) is 2.12. The van der Waals surface area contributed by atoms with Gasteiger partial charge in [-0.25, -0.2) is 0 Å². The standard InChI is InChI=1S/C11H12OS/c1-7-4-5-8(2)11-10(7)6-9(3)13-12-11/h4-6H,1-3H3. The molecule has 0 saturated carbocycles. The van der Waals surface area contributed by atoms with Crippen LogP contribution in [0.4, 0.5) is 0 Å². The van der Waals surface area contributed by atoms with Gasteiger partial charge in [-0.2, -0.15) is 0 Å². The van der Waals surface area contributed by atoms with Gasteiger partial charge in [0, 0.05) is 10.5 Å². The Morgan fingerprint density at radius 3 is 2.54 bits per heavy atom. The Kier molecular flexibility index (Phi) is 2.08. The molecule has 0 radical (unpaired) electrons. The fourth-order valence-electron chi connectivity index (χ4n) is 1.43. The third-order valence-corrected chi connectivity index (χ3v) is 2.85. The Labute approximate surface area is 83.0 Å². The van der Waals surface area contributed by atoms with Crippen molar-refractivity contribution in [3.63, 3.8) is 0 Å². The fourth-order valence-corrected chi connectivity index (χ4v) is 2.03. The van der Waals surface area contributed by atoms with E-state index >= 15 is 0 Å². The normalized spacial score (nSPS) is 14.5. The number of aryl methyl sites for hydroxylation is 2. The third-order valence-electron chi connectivity index (χ3n) is 2.22. The van der Waals surface area contributed by atoms with Crippen LogP contribution < -0.4 is 4.18 Å². The molecule has 0 unspecified atom stereocenters. The van der Waals surface area contributed by atoms with Gasteiger partial charge in [0.05, 0.1) is 12.0 Å². The van der Waals surface area contributed by atoms with E-state index in [2.05, 4.69) is 39.0 Å². The van der Waals surface area contributed by atoms with Crippen molar-refractivity contribution in [2.75, 3.05) is 0 Å². The van der Waals surface area contributed by atoms with Gasteiger partial charge in [0.1, 0.15) is 5.75 Å². The molecule has 2 heteroatoms. The van der Waals surface area contributed by atoms with E-state index in [-0.39, 0.29) is 0 Å². The summed E-state index contributed by atoms with van der Waals surface area (Å²) in [6.45, 7) is 6.25. The van der Waals surface area contributed by atoms with Crippen LogP contribution in [0.3, 0.4) is 0 Å². The lowest BCUT2D eigenvalue weighted by Crippen LogP contribution is -1.96. The summed E-state index contributed by atoms with van der Waals surface area (Å²) in [6.07, 6.45) is 2.19. The van der Waals surface area contributed by atoms with Crippen molar-refractivity contribution >= 4 is 18.1 Å². The number of allylic oxidation sites excluding steroid dienone is 1. The molecule has 1 heterocycles. The van der Waals surface area contributed by atoms with Crippen molar-refractivity contribution in [3.8, 4) is 5.75 Å². The van der Waals surface area contributed by atoms with E-state index in [1.165, 1.54) is 33.6 Å². The zero-order valence-corrected chi connectivity index (χ0v) is 8.87. The number of rotatable bonds is 0. The first-order chi connectivity index (χ1) is 6.18. The van der Waals surface area contributed by atoms with Gasteiger partial charge in [0.2, 0.25) is 0 Å². The van der Waals surface area contributed by atoms with Crippen molar-refractivity contribution < 1.29 is 4.18 Å². The van der Waals surface area contributed by atoms with Crippen molar-refractivity contribution in [2.45, 2.75) is 20.8 Å². The molecule has 0 atom stereocenters. The molecule has 0 N–H and O–H groups in total. The Morgan fingerprint density at radius 1 is 1.08 bits per heavy atom. The molecule has 68 valence electrons. The Hall–Kier alpha value is -0.890. The molecule has 1 aromatic carbocycles. The molecule has 0 spiro atoms. The van der Waals surface area contributed by atoms with Crippen LogP contribution in [0.25, 0.3) is 6.08 Å². The maximum atomic E-state index is 5.60. The summed E-state index contributed by atoms with van der Waals surface area (Å²) in [5.74, 6) is 1.02. The lowest BCUT2D eigenvalue weighted by atomic mass is 10.0. The largest absolute Gasteiger partial charge is 0.420 e. The SMILES string of the molecule is CC1=Cc2c(C)ccc(C)c2OS1. The van der Waals surface area contributed by atoms with Crippen molar-refractivity contribution in [1.29, 1.82) is 0 Å². The van der Waals surface area contributed by atoms with E-state index in [4.69, 9.17) is 4.18 Å². The minimum absolute atomic E-state index is 1.02. The van der Waals surface area contributed by atoms with E-state index in [1.54, 1.807) is 0 Å². The quantitative estimate of drug-likeness (QED) is 0.579. The molecule has 2 rings (SSSR count). The highest BCUT2D eigenvalue weighted by molar-refractivity contribution is 7.99. The molecule has 0 aromatic heterocycles. The third kappa shape index (κ3) is 1.46. The van der Waals surface area contributed by atoms with Gasteiger partial charge >= 0.3 is 0 Å². The van der Waals surface area contributed by atoms with Gasteiger partial charge in [-0.1, -0.05) is 12.1 Å². The second-order valence-corrected chi connectivity index (χ2v) is 4.34. The number of benzene rings is 1. The molecule has 1 nitrogen and oxygen atoms in total. The second kappa shape index (κ2) is 3.11. The predicted molar refractivity (Wildman–Crippen MR) is 57.8 cm³/mol. The first kappa shape index (κ1) is 8.70. The Morgan fingerprint density at radius 2 is 1.77 bits per heavy atom. The van der Waals surface area contributed by atoms with E-state index in [9.17, 15) is 0 Å². The molecule has 0 bridgehead atoms. The summed E-state index contributed by atoms with van der Waals surface area (Å²) in [5.41, 5.74) is 3.72. The van der Waals surface area contributed by atoms with Crippen LogP contribution in [0, 0.1) is 13.8 Å². The van der Waals surface area contributed by atoms with Crippen LogP contribution in [0.15, 0.2) is 17.0 Å². The van der Waals surface area contributed by atoms with Gasteiger partial charge in [-0.3, -0.25) is 0 Å². The molecule has 1 aliphatic rings. The minimum atomic E-state index is 1.02. The molecule has 0 fully saturated rings. The minimum Gasteiger partial charge on any atom is -0.420 e. The fraction of sp³-hybridized carbons (Fsp3) is 0.273. The van der Waals surface area contributed by atoms with E-state index < -0.39 is 0 Å². The molecule has 1 aromatic rings. The van der Waals surface area contributed by atoms with E-state index in [0.29, 0.717) is 0 Å². The molecule has 13 heavy (non-hydrogen) atoms. The first-order valence-corrected chi connectivity index (χ1v) is 5.05. The molecule has 0 amide bonds. The molecule has 0 saturated heterocycles. The summed E-state index contributed by atoms with van der Waals surface area (Å²) < 4.78 is 5.60. The van der Waals surface area contributed by atoms with Crippen LogP contribution >= 0.6 is 12.0 Å². The zero-order chi connectivity index (χ0) is 9.42. The van der Waals surface area contributed by atoms with Crippen LogP contribution in [0.1, 0.15) is 23.6 Å². The first-order valence-electron chi connectivity index (χ1n) is 4.31. The molecular weight excluding hydrogens is 180 g/mol. The summed E-state index contributed by atoms with van der Waals surface area (Å²) >= 11 is 1.44. The number of hydrogen-bond acceptors (Lipinski definition) is 2. The lowest BCUT2D eigenvalue weighted by Gasteiger charge is -2.17. The number of hydrogen-bond donors (Lipinski definition) is 0. The maximum Gasteiger partial charge on any atom is 0.148 e. The summed E-state index contributed by atoms with van der Waals surface area (Å²) in [7, 11) is 0. The van der Waals surface area contributed by atoms with Gasteiger partial charge in [-0.05, 0) is 38.0 Å². The Bertz CT molecular complexity index is 380. The van der Waals surface area contributed by atoms with Crippen LogP contribution in [-0.4, -0.2) is 0 Å².